The van der Waals surface area contributed by atoms with Crippen molar-refractivity contribution in [3.05, 3.63) is 23.8 Å². The SMILES string of the molecule is Cc1ccc(N(C)C2CCS(=O)(=O)C2)c(N)c1. The van der Waals surface area contributed by atoms with E-state index in [1.165, 1.54) is 0 Å². The number of anilines is 2. The third kappa shape index (κ3) is 2.54. The minimum Gasteiger partial charge on any atom is -0.397 e. The van der Waals surface area contributed by atoms with Crippen molar-refractivity contribution in [2.45, 2.75) is 19.4 Å². The Balaban J connectivity index is 2.23. The van der Waals surface area contributed by atoms with Gasteiger partial charge in [-0.2, -0.15) is 0 Å². The molecule has 94 valence electrons. The van der Waals surface area contributed by atoms with E-state index < -0.39 is 9.84 Å². The van der Waals surface area contributed by atoms with Gasteiger partial charge in [0.25, 0.3) is 0 Å². The van der Waals surface area contributed by atoms with Gasteiger partial charge in [-0.25, -0.2) is 8.42 Å². The second-order valence-electron chi connectivity index (χ2n) is 4.73. The highest BCUT2D eigenvalue weighted by molar-refractivity contribution is 7.91. The molecule has 1 aromatic rings. The summed E-state index contributed by atoms with van der Waals surface area (Å²) in [6.45, 7) is 1.99. The quantitative estimate of drug-likeness (QED) is 0.806. The lowest BCUT2D eigenvalue weighted by Crippen LogP contribution is -2.33. The number of rotatable bonds is 2. The van der Waals surface area contributed by atoms with E-state index >= 15 is 0 Å². The number of hydrogen-bond acceptors (Lipinski definition) is 4. The summed E-state index contributed by atoms with van der Waals surface area (Å²) < 4.78 is 22.9. The fourth-order valence-electron chi connectivity index (χ4n) is 2.27. The molecule has 2 rings (SSSR count). The Kier molecular flexibility index (Phi) is 3.03. The van der Waals surface area contributed by atoms with Crippen molar-refractivity contribution >= 4 is 21.2 Å². The van der Waals surface area contributed by atoms with Crippen molar-refractivity contribution in [2.24, 2.45) is 0 Å². The van der Waals surface area contributed by atoms with Crippen LogP contribution in [0.1, 0.15) is 12.0 Å². The van der Waals surface area contributed by atoms with Crippen molar-refractivity contribution in [3.63, 3.8) is 0 Å². The monoisotopic (exact) mass is 254 g/mol. The smallest absolute Gasteiger partial charge is 0.152 e. The fraction of sp³-hybridized carbons (Fsp3) is 0.500. The molecule has 0 spiro atoms. The van der Waals surface area contributed by atoms with Crippen LogP contribution in [0.4, 0.5) is 11.4 Å². The van der Waals surface area contributed by atoms with E-state index in [0.29, 0.717) is 12.1 Å². The molecule has 1 aliphatic rings. The number of nitrogen functional groups attached to an aromatic ring is 1. The zero-order valence-corrected chi connectivity index (χ0v) is 11.0. The van der Waals surface area contributed by atoms with Crippen LogP contribution in [0.5, 0.6) is 0 Å². The van der Waals surface area contributed by atoms with E-state index in [9.17, 15) is 8.42 Å². The van der Waals surface area contributed by atoms with Crippen LogP contribution in [-0.2, 0) is 9.84 Å². The van der Waals surface area contributed by atoms with E-state index in [4.69, 9.17) is 5.73 Å². The van der Waals surface area contributed by atoms with Gasteiger partial charge < -0.3 is 10.6 Å². The van der Waals surface area contributed by atoms with E-state index in [-0.39, 0.29) is 17.5 Å². The van der Waals surface area contributed by atoms with Crippen molar-refractivity contribution < 1.29 is 8.42 Å². The lowest BCUT2D eigenvalue weighted by atomic mass is 10.1. The van der Waals surface area contributed by atoms with Gasteiger partial charge in [-0.15, -0.1) is 0 Å². The van der Waals surface area contributed by atoms with Gasteiger partial charge in [0.15, 0.2) is 9.84 Å². The summed E-state index contributed by atoms with van der Waals surface area (Å²) in [5.41, 5.74) is 8.70. The minimum absolute atomic E-state index is 0.0463. The average Bonchev–Trinajstić information content (AvgIpc) is 2.58. The van der Waals surface area contributed by atoms with Gasteiger partial charge >= 0.3 is 0 Å². The molecule has 2 N–H and O–H groups in total. The molecule has 0 amide bonds. The largest absolute Gasteiger partial charge is 0.397 e. The molecule has 1 atom stereocenters. The van der Waals surface area contributed by atoms with Crippen molar-refractivity contribution in [3.8, 4) is 0 Å². The number of hydrogen-bond donors (Lipinski definition) is 1. The zero-order chi connectivity index (χ0) is 12.6. The van der Waals surface area contributed by atoms with Crippen LogP contribution in [0.2, 0.25) is 0 Å². The van der Waals surface area contributed by atoms with Gasteiger partial charge in [-0.3, -0.25) is 0 Å². The molecule has 0 aliphatic carbocycles. The molecule has 1 unspecified atom stereocenters. The van der Waals surface area contributed by atoms with Gasteiger partial charge in [-0.05, 0) is 31.0 Å². The number of sulfone groups is 1. The van der Waals surface area contributed by atoms with Crippen LogP contribution in [0.15, 0.2) is 18.2 Å². The van der Waals surface area contributed by atoms with Gasteiger partial charge in [0.2, 0.25) is 0 Å². The molecule has 1 heterocycles. The molecule has 1 saturated heterocycles. The summed E-state index contributed by atoms with van der Waals surface area (Å²) in [5.74, 6) is 0.518. The molecule has 0 aromatic heterocycles. The molecule has 0 radical (unpaired) electrons. The lowest BCUT2D eigenvalue weighted by Gasteiger charge is -2.27. The van der Waals surface area contributed by atoms with E-state index in [1.54, 1.807) is 0 Å². The molecule has 0 bridgehead atoms. The second kappa shape index (κ2) is 4.22. The summed E-state index contributed by atoms with van der Waals surface area (Å²) in [4.78, 5) is 1.99. The standard InChI is InChI=1S/C12H18N2O2S/c1-9-3-4-12(11(13)7-9)14(2)10-5-6-17(15,16)8-10/h3-4,7,10H,5-6,8,13H2,1-2H3. The van der Waals surface area contributed by atoms with Gasteiger partial charge in [0, 0.05) is 13.1 Å². The Morgan fingerprint density at radius 1 is 1.41 bits per heavy atom. The first-order valence-electron chi connectivity index (χ1n) is 5.68. The van der Waals surface area contributed by atoms with Crippen molar-refractivity contribution in [1.29, 1.82) is 0 Å². The fourth-order valence-corrected chi connectivity index (χ4v) is 4.05. The van der Waals surface area contributed by atoms with Crippen LogP contribution < -0.4 is 10.6 Å². The number of nitrogens with two attached hydrogens (primary N) is 1. The highest BCUT2D eigenvalue weighted by atomic mass is 32.2. The van der Waals surface area contributed by atoms with Gasteiger partial charge in [0.1, 0.15) is 0 Å². The van der Waals surface area contributed by atoms with Crippen LogP contribution in [0.25, 0.3) is 0 Å². The normalized spacial score (nSPS) is 22.6. The van der Waals surface area contributed by atoms with E-state index in [1.807, 2.05) is 37.1 Å². The summed E-state index contributed by atoms with van der Waals surface area (Å²) in [7, 11) is -0.943. The first-order chi connectivity index (χ1) is 7.89. The van der Waals surface area contributed by atoms with E-state index in [0.717, 1.165) is 11.3 Å². The molecule has 0 saturated carbocycles. The highest BCUT2D eigenvalue weighted by Gasteiger charge is 2.31. The van der Waals surface area contributed by atoms with Crippen LogP contribution in [-0.4, -0.2) is 33.0 Å². The molecule has 1 fully saturated rings. The zero-order valence-electron chi connectivity index (χ0n) is 10.2. The predicted molar refractivity (Wildman–Crippen MR) is 71.1 cm³/mol. The third-order valence-corrected chi connectivity index (χ3v) is 5.07. The molecule has 1 aliphatic heterocycles. The van der Waals surface area contributed by atoms with Crippen molar-refractivity contribution in [1.82, 2.24) is 0 Å². The first kappa shape index (κ1) is 12.2. The summed E-state index contributed by atoms with van der Waals surface area (Å²) in [6, 6.07) is 5.90. The minimum atomic E-state index is -2.85. The van der Waals surface area contributed by atoms with Crippen LogP contribution in [0.3, 0.4) is 0 Å². The summed E-state index contributed by atoms with van der Waals surface area (Å²) >= 11 is 0. The van der Waals surface area contributed by atoms with Crippen molar-refractivity contribution in [2.75, 3.05) is 29.2 Å². The number of benzene rings is 1. The maximum Gasteiger partial charge on any atom is 0.152 e. The van der Waals surface area contributed by atoms with Crippen LogP contribution in [0, 0.1) is 6.92 Å². The Morgan fingerprint density at radius 2 is 2.12 bits per heavy atom. The van der Waals surface area contributed by atoms with E-state index in [2.05, 4.69) is 0 Å². The van der Waals surface area contributed by atoms with Crippen LogP contribution >= 0.6 is 0 Å². The maximum atomic E-state index is 11.5. The Bertz CT molecular complexity index is 525. The lowest BCUT2D eigenvalue weighted by molar-refractivity contribution is 0.601. The molecular weight excluding hydrogens is 236 g/mol. The molecular formula is C12H18N2O2S. The molecule has 5 heteroatoms. The summed E-state index contributed by atoms with van der Waals surface area (Å²) in [5, 5.41) is 0. The second-order valence-corrected chi connectivity index (χ2v) is 6.96. The number of nitrogens with zero attached hydrogens (tertiary/aromatic N) is 1. The third-order valence-electron chi connectivity index (χ3n) is 3.32. The Labute approximate surface area is 102 Å². The molecule has 1 aromatic carbocycles. The average molecular weight is 254 g/mol. The van der Waals surface area contributed by atoms with Gasteiger partial charge in [-0.1, -0.05) is 6.07 Å². The maximum absolute atomic E-state index is 11.5. The topological polar surface area (TPSA) is 63.4 Å². The molecule has 4 nitrogen and oxygen atoms in total. The Hall–Kier alpha value is -1.23. The summed E-state index contributed by atoms with van der Waals surface area (Å²) in [6.07, 6.45) is 0.687. The molecule has 17 heavy (non-hydrogen) atoms. The first-order valence-corrected chi connectivity index (χ1v) is 7.50. The number of aryl methyl sites for hydroxylation is 1. The van der Waals surface area contributed by atoms with Gasteiger partial charge in [0.05, 0.1) is 22.9 Å². The predicted octanol–water partition coefficient (Wildman–Crippen LogP) is 1.20. The highest BCUT2D eigenvalue weighted by Crippen LogP contribution is 2.28. The Morgan fingerprint density at radius 3 is 2.65 bits per heavy atom.